The molecule has 1 rings (SSSR count). The Labute approximate surface area is 93.2 Å². The molecule has 0 aromatic heterocycles. The van der Waals surface area contributed by atoms with Crippen molar-refractivity contribution in [2.24, 2.45) is 5.92 Å². The second-order valence-electron chi connectivity index (χ2n) is 3.22. The zero-order valence-electron chi connectivity index (χ0n) is 8.57. The first-order valence-electron chi connectivity index (χ1n) is 4.40. The molecule has 4 nitrogen and oxygen atoms in total. The molecule has 0 radical (unpaired) electrons. The molecule has 0 saturated carbocycles. The Balaban J connectivity index is 3.60. The highest BCUT2D eigenvalue weighted by Crippen LogP contribution is 2.36. The van der Waals surface area contributed by atoms with Crippen molar-refractivity contribution in [1.82, 2.24) is 0 Å². The normalized spacial score (nSPS) is 16.2. The molecule has 0 bridgehead atoms. The zero-order chi connectivity index (χ0) is 12.3. The van der Waals surface area contributed by atoms with Gasteiger partial charge in [0.1, 0.15) is 12.1 Å². The van der Waals surface area contributed by atoms with Gasteiger partial charge in [-0.2, -0.15) is 21.0 Å². The Hall–Kier alpha value is -2.82. The minimum Gasteiger partial charge on any atom is -0.193 e. The summed E-state index contributed by atoms with van der Waals surface area (Å²) in [6.07, 6.45) is 0. The van der Waals surface area contributed by atoms with Gasteiger partial charge < -0.3 is 0 Å². The van der Waals surface area contributed by atoms with Gasteiger partial charge in [0.2, 0.25) is 0 Å². The highest BCUT2D eigenvalue weighted by molar-refractivity contribution is 5.69. The van der Waals surface area contributed by atoms with Crippen LogP contribution in [0.2, 0.25) is 0 Å². The minimum absolute atomic E-state index is 0.102. The van der Waals surface area contributed by atoms with Crippen molar-refractivity contribution in [3.63, 3.8) is 0 Å². The maximum absolute atomic E-state index is 8.94. The van der Waals surface area contributed by atoms with E-state index in [1.54, 1.807) is 6.92 Å². The number of allylic oxidation sites excluding steroid dienone is 5. The Bertz CT molecular complexity index is 539. The monoisotopic (exact) mass is 206 g/mol. The lowest BCUT2D eigenvalue weighted by atomic mass is 9.78. The Morgan fingerprint density at radius 3 is 1.50 bits per heavy atom. The van der Waals surface area contributed by atoms with Crippen LogP contribution in [-0.4, -0.2) is 0 Å². The summed E-state index contributed by atoms with van der Waals surface area (Å²) in [5.41, 5.74) is 0.762. The van der Waals surface area contributed by atoms with E-state index in [-0.39, 0.29) is 27.9 Å². The fraction of sp³-hybridized carbons (Fsp3) is 0.167. The molecular weight excluding hydrogens is 200 g/mol. The van der Waals surface area contributed by atoms with Crippen LogP contribution < -0.4 is 0 Å². The number of nitriles is 4. The third kappa shape index (κ3) is 1.36. The van der Waals surface area contributed by atoms with E-state index in [9.17, 15) is 0 Å². The quantitative estimate of drug-likeness (QED) is 0.604. The molecule has 74 valence electrons. The SMILES string of the molecule is C=C1C(C#N)=C(C#N)C(C)C(C#N)=C1C#N. The van der Waals surface area contributed by atoms with Gasteiger partial charge in [0.25, 0.3) is 0 Å². The molecule has 0 saturated heterocycles. The third-order valence-corrected chi connectivity index (χ3v) is 2.47. The van der Waals surface area contributed by atoms with Gasteiger partial charge in [0.05, 0.1) is 34.4 Å². The van der Waals surface area contributed by atoms with E-state index >= 15 is 0 Å². The van der Waals surface area contributed by atoms with Crippen molar-refractivity contribution < 1.29 is 0 Å². The van der Waals surface area contributed by atoms with E-state index in [4.69, 9.17) is 21.0 Å². The summed E-state index contributed by atoms with van der Waals surface area (Å²) in [6.45, 7) is 5.21. The third-order valence-electron chi connectivity index (χ3n) is 2.47. The topological polar surface area (TPSA) is 95.2 Å². The van der Waals surface area contributed by atoms with Crippen LogP contribution in [0.5, 0.6) is 0 Å². The van der Waals surface area contributed by atoms with Gasteiger partial charge in [-0.25, -0.2) is 0 Å². The fourth-order valence-corrected chi connectivity index (χ4v) is 1.59. The number of hydrogen-bond donors (Lipinski definition) is 0. The fourth-order valence-electron chi connectivity index (χ4n) is 1.59. The van der Waals surface area contributed by atoms with Gasteiger partial charge >= 0.3 is 0 Å². The molecule has 0 atom stereocenters. The van der Waals surface area contributed by atoms with E-state index in [0.29, 0.717) is 0 Å². The lowest BCUT2D eigenvalue weighted by molar-refractivity contribution is 0.829. The van der Waals surface area contributed by atoms with Crippen LogP contribution in [0.15, 0.2) is 34.4 Å². The van der Waals surface area contributed by atoms with E-state index in [1.807, 2.05) is 24.3 Å². The summed E-state index contributed by atoms with van der Waals surface area (Å²) in [5, 5.41) is 35.7. The lowest BCUT2D eigenvalue weighted by Gasteiger charge is -2.19. The van der Waals surface area contributed by atoms with Gasteiger partial charge in [0, 0.05) is 11.5 Å². The van der Waals surface area contributed by atoms with Crippen LogP contribution in [-0.2, 0) is 0 Å². The summed E-state index contributed by atoms with van der Waals surface area (Å²) in [4.78, 5) is 0. The lowest BCUT2D eigenvalue weighted by Crippen LogP contribution is -2.13. The van der Waals surface area contributed by atoms with E-state index < -0.39 is 5.92 Å². The zero-order valence-corrected chi connectivity index (χ0v) is 8.57. The molecule has 0 heterocycles. The van der Waals surface area contributed by atoms with Gasteiger partial charge in [0.15, 0.2) is 0 Å². The summed E-state index contributed by atoms with van der Waals surface area (Å²) < 4.78 is 0. The molecule has 0 N–H and O–H groups in total. The maximum Gasteiger partial charge on any atom is 0.101 e. The second kappa shape index (κ2) is 4.14. The van der Waals surface area contributed by atoms with Gasteiger partial charge in [-0.15, -0.1) is 0 Å². The molecule has 16 heavy (non-hydrogen) atoms. The Morgan fingerprint density at radius 2 is 1.25 bits per heavy atom. The van der Waals surface area contributed by atoms with Gasteiger partial charge in [-0.3, -0.25) is 0 Å². The molecular formula is C12H6N4. The van der Waals surface area contributed by atoms with Crippen molar-refractivity contribution in [1.29, 1.82) is 21.0 Å². The molecule has 1 aliphatic carbocycles. The second-order valence-corrected chi connectivity index (χ2v) is 3.22. The van der Waals surface area contributed by atoms with Crippen LogP contribution in [0.25, 0.3) is 0 Å². The predicted octanol–water partition coefficient (Wildman–Crippen LogP) is 1.88. The molecule has 0 aromatic carbocycles. The Morgan fingerprint density at radius 1 is 0.875 bits per heavy atom. The standard InChI is InChI=1S/C12H6N4/c1-7-9(3-13)11(5-15)8(2)12(6-16)10(7)4-14/h8H,1H2,2H3. The average molecular weight is 206 g/mol. The highest BCUT2D eigenvalue weighted by Gasteiger charge is 2.30. The van der Waals surface area contributed by atoms with E-state index in [1.165, 1.54) is 0 Å². The molecule has 0 fully saturated rings. The average Bonchev–Trinajstić information content (AvgIpc) is 2.30. The Kier molecular flexibility index (Phi) is 2.91. The van der Waals surface area contributed by atoms with Crippen molar-refractivity contribution in [3.05, 3.63) is 34.4 Å². The molecule has 0 unspecified atom stereocenters. The van der Waals surface area contributed by atoms with Crippen LogP contribution in [0.4, 0.5) is 0 Å². The van der Waals surface area contributed by atoms with Crippen LogP contribution >= 0.6 is 0 Å². The summed E-state index contributed by atoms with van der Waals surface area (Å²) in [6, 6.07) is 7.51. The van der Waals surface area contributed by atoms with E-state index in [0.717, 1.165) is 0 Å². The first-order chi connectivity index (χ1) is 7.62. The summed E-state index contributed by atoms with van der Waals surface area (Å²) in [5.74, 6) is -0.523. The van der Waals surface area contributed by atoms with Crippen molar-refractivity contribution in [3.8, 4) is 24.3 Å². The van der Waals surface area contributed by atoms with Crippen molar-refractivity contribution >= 4 is 0 Å². The molecule has 1 aliphatic rings. The number of nitrogens with zero attached hydrogens (tertiary/aromatic N) is 4. The molecule has 0 aromatic rings. The van der Waals surface area contributed by atoms with Gasteiger partial charge in [-0.1, -0.05) is 13.5 Å². The number of rotatable bonds is 0. The largest absolute Gasteiger partial charge is 0.193 e. The van der Waals surface area contributed by atoms with E-state index in [2.05, 4.69) is 6.58 Å². The maximum atomic E-state index is 8.94. The summed E-state index contributed by atoms with van der Waals surface area (Å²) >= 11 is 0. The first kappa shape index (κ1) is 11.3. The molecule has 0 aliphatic heterocycles. The van der Waals surface area contributed by atoms with Gasteiger partial charge in [-0.05, 0) is 0 Å². The molecule has 0 amide bonds. The summed E-state index contributed by atoms with van der Waals surface area (Å²) in [7, 11) is 0. The number of hydrogen-bond acceptors (Lipinski definition) is 4. The molecule has 4 heteroatoms. The first-order valence-corrected chi connectivity index (χ1v) is 4.40. The van der Waals surface area contributed by atoms with Crippen molar-refractivity contribution in [2.75, 3.05) is 0 Å². The predicted molar refractivity (Wildman–Crippen MR) is 54.8 cm³/mol. The van der Waals surface area contributed by atoms with Crippen LogP contribution in [0.3, 0.4) is 0 Å². The molecule has 0 spiro atoms. The van der Waals surface area contributed by atoms with Crippen LogP contribution in [0, 0.1) is 51.2 Å². The van der Waals surface area contributed by atoms with Crippen molar-refractivity contribution in [2.45, 2.75) is 6.92 Å². The minimum atomic E-state index is -0.523. The highest BCUT2D eigenvalue weighted by atomic mass is 14.4. The van der Waals surface area contributed by atoms with Crippen LogP contribution in [0.1, 0.15) is 6.92 Å². The smallest absolute Gasteiger partial charge is 0.101 e.